The zero-order chi connectivity index (χ0) is 15.4. The van der Waals surface area contributed by atoms with Crippen molar-refractivity contribution in [2.75, 3.05) is 6.54 Å². The maximum atomic E-state index is 11.8. The van der Waals surface area contributed by atoms with Gasteiger partial charge >= 0.3 is 0 Å². The molecule has 0 unspecified atom stereocenters. The Bertz CT molecular complexity index is 803. The Balaban J connectivity index is 1.54. The van der Waals surface area contributed by atoms with Crippen LogP contribution in [-0.2, 0) is 6.42 Å². The molecule has 8 nitrogen and oxygen atoms in total. The molecule has 0 atom stereocenters. The molecule has 22 heavy (non-hydrogen) atoms. The first-order chi connectivity index (χ1) is 10.7. The van der Waals surface area contributed by atoms with Crippen LogP contribution in [0.2, 0.25) is 0 Å². The van der Waals surface area contributed by atoms with E-state index < -0.39 is 0 Å². The van der Waals surface area contributed by atoms with E-state index in [0.29, 0.717) is 13.0 Å². The molecule has 3 rings (SSSR count). The summed E-state index contributed by atoms with van der Waals surface area (Å²) in [5, 5.41) is 15.4. The molecule has 0 aliphatic rings. The zero-order valence-electron chi connectivity index (χ0n) is 11.4. The Kier molecular flexibility index (Phi) is 4.05. The lowest BCUT2D eigenvalue weighted by Crippen LogP contribution is -2.27. The normalized spacial score (nSPS) is 10.5. The number of thiazole rings is 1. The Morgan fingerprint density at radius 1 is 1.41 bits per heavy atom. The van der Waals surface area contributed by atoms with Gasteiger partial charge in [0.2, 0.25) is 5.13 Å². The van der Waals surface area contributed by atoms with E-state index in [1.54, 1.807) is 10.9 Å². The van der Waals surface area contributed by atoms with Crippen molar-refractivity contribution in [2.24, 2.45) is 0 Å². The van der Waals surface area contributed by atoms with Crippen LogP contribution in [0.3, 0.4) is 0 Å². The molecular weight excluding hydrogens is 304 g/mol. The molecule has 0 spiro atoms. The van der Waals surface area contributed by atoms with Crippen molar-refractivity contribution in [2.45, 2.75) is 6.42 Å². The minimum Gasteiger partial charge on any atom is -0.350 e. The van der Waals surface area contributed by atoms with Crippen LogP contribution in [0, 0.1) is 0 Å². The van der Waals surface area contributed by atoms with E-state index in [1.165, 1.54) is 23.5 Å². The van der Waals surface area contributed by atoms with Crippen LogP contribution >= 0.6 is 11.3 Å². The van der Waals surface area contributed by atoms with E-state index in [2.05, 4.69) is 25.6 Å². The molecule has 0 aromatic carbocycles. The average molecular weight is 316 g/mol. The van der Waals surface area contributed by atoms with E-state index in [0.717, 1.165) is 10.8 Å². The van der Waals surface area contributed by atoms with Crippen molar-refractivity contribution < 1.29 is 4.79 Å². The molecule has 0 saturated heterocycles. The van der Waals surface area contributed by atoms with Gasteiger partial charge in [0, 0.05) is 36.8 Å². The summed E-state index contributed by atoms with van der Waals surface area (Å²) >= 11 is 1.49. The summed E-state index contributed by atoms with van der Waals surface area (Å²) in [6.45, 7) is 0.432. The van der Waals surface area contributed by atoms with Crippen LogP contribution < -0.4 is 10.9 Å². The number of carbonyl (C=O) groups excluding carboxylic acids is 1. The molecule has 112 valence electrons. The van der Waals surface area contributed by atoms with Crippen LogP contribution in [0.15, 0.2) is 40.8 Å². The third-order valence-electron chi connectivity index (χ3n) is 2.82. The monoisotopic (exact) mass is 316 g/mol. The van der Waals surface area contributed by atoms with E-state index in [1.807, 2.05) is 17.6 Å². The summed E-state index contributed by atoms with van der Waals surface area (Å²) in [4.78, 5) is 27.1. The summed E-state index contributed by atoms with van der Waals surface area (Å²) in [5.41, 5.74) is 0.713. The molecule has 0 bridgehead atoms. The van der Waals surface area contributed by atoms with Gasteiger partial charge in [0.25, 0.3) is 11.5 Å². The zero-order valence-corrected chi connectivity index (χ0v) is 12.2. The summed E-state index contributed by atoms with van der Waals surface area (Å²) in [5.74, 6) is -0.334. The summed E-state index contributed by atoms with van der Waals surface area (Å²) in [6, 6.07) is 4.48. The number of aromatic amines is 1. The number of nitrogens with one attached hydrogen (secondary N) is 2. The largest absolute Gasteiger partial charge is 0.350 e. The lowest BCUT2D eigenvalue weighted by atomic mass is 10.3. The van der Waals surface area contributed by atoms with Gasteiger partial charge in [-0.05, 0) is 12.1 Å². The van der Waals surface area contributed by atoms with Gasteiger partial charge in [-0.1, -0.05) is 0 Å². The summed E-state index contributed by atoms with van der Waals surface area (Å²) < 4.78 is 1.69. The van der Waals surface area contributed by atoms with Gasteiger partial charge in [-0.15, -0.1) is 11.3 Å². The van der Waals surface area contributed by atoms with Gasteiger partial charge in [0.15, 0.2) is 0 Å². The van der Waals surface area contributed by atoms with Crippen molar-refractivity contribution in [3.8, 4) is 5.13 Å². The number of nitrogens with zero attached hydrogens (tertiary/aromatic N) is 4. The predicted octanol–water partition coefficient (Wildman–Crippen LogP) is 0.385. The fourth-order valence-electron chi connectivity index (χ4n) is 1.76. The first-order valence-electron chi connectivity index (χ1n) is 6.51. The summed E-state index contributed by atoms with van der Waals surface area (Å²) in [7, 11) is 0. The van der Waals surface area contributed by atoms with Crippen molar-refractivity contribution >= 4 is 17.2 Å². The lowest BCUT2D eigenvalue weighted by Gasteiger charge is -2.02. The quantitative estimate of drug-likeness (QED) is 0.708. The number of hydrogen-bond acceptors (Lipinski definition) is 6. The van der Waals surface area contributed by atoms with E-state index in [-0.39, 0.29) is 17.2 Å². The molecule has 2 N–H and O–H groups in total. The summed E-state index contributed by atoms with van der Waals surface area (Å²) in [6.07, 6.45) is 4.12. The van der Waals surface area contributed by atoms with E-state index in [9.17, 15) is 9.59 Å². The van der Waals surface area contributed by atoms with Crippen LogP contribution in [0.1, 0.15) is 16.2 Å². The van der Waals surface area contributed by atoms with Gasteiger partial charge in [0.05, 0.1) is 5.69 Å². The maximum absolute atomic E-state index is 11.8. The Morgan fingerprint density at radius 3 is 3.05 bits per heavy atom. The van der Waals surface area contributed by atoms with Crippen molar-refractivity contribution in [3.05, 3.63) is 57.7 Å². The Hall–Kier alpha value is -2.81. The standard InChI is InChI=1S/C13H12N6O2S/c20-11-3-2-10(17-18-11)12(21)14-6-4-9-8-22-13(16-9)19-7-1-5-15-19/h1-3,5,7-8H,4,6H2,(H,14,21)(H,18,20). The van der Waals surface area contributed by atoms with Crippen molar-refractivity contribution in [1.82, 2.24) is 30.3 Å². The molecule has 3 heterocycles. The topological polar surface area (TPSA) is 106 Å². The fourth-order valence-corrected chi connectivity index (χ4v) is 2.56. The maximum Gasteiger partial charge on any atom is 0.271 e. The number of rotatable bonds is 5. The van der Waals surface area contributed by atoms with Gasteiger partial charge in [0.1, 0.15) is 5.69 Å². The minimum atomic E-state index is -0.342. The second kappa shape index (κ2) is 6.31. The van der Waals surface area contributed by atoms with Crippen molar-refractivity contribution in [1.29, 1.82) is 0 Å². The number of H-pyrrole nitrogens is 1. The third-order valence-corrected chi connectivity index (χ3v) is 3.70. The first kappa shape index (κ1) is 14.1. The SMILES string of the molecule is O=C(NCCc1csc(-n2cccn2)n1)c1ccc(=O)[nH]n1. The van der Waals surface area contributed by atoms with Gasteiger partial charge < -0.3 is 5.32 Å². The first-order valence-corrected chi connectivity index (χ1v) is 7.39. The molecule has 3 aromatic rings. The third kappa shape index (κ3) is 3.26. The number of amides is 1. The lowest BCUT2D eigenvalue weighted by molar-refractivity contribution is 0.0948. The van der Waals surface area contributed by atoms with Gasteiger partial charge in [-0.25, -0.2) is 14.8 Å². The average Bonchev–Trinajstić information content (AvgIpc) is 3.19. The second-order valence-electron chi connectivity index (χ2n) is 4.38. The molecule has 9 heteroatoms. The second-order valence-corrected chi connectivity index (χ2v) is 5.22. The molecule has 0 aliphatic carbocycles. The molecule has 3 aromatic heterocycles. The van der Waals surface area contributed by atoms with E-state index in [4.69, 9.17) is 0 Å². The molecule has 0 radical (unpaired) electrons. The number of carbonyl (C=O) groups is 1. The van der Waals surface area contributed by atoms with Crippen LogP contribution in [-0.4, -0.2) is 37.4 Å². The number of aromatic nitrogens is 5. The molecule has 0 fully saturated rings. The Morgan fingerprint density at radius 2 is 2.32 bits per heavy atom. The highest BCUT2D eigenvalue weighted by Crippen LogP contribution is 2.13. The van der Waals surface area contributed by atoms with Crippen LogP contribution in [0.25, 0.3) is 5.13 Å². The van der Waals surface area contributed by atoms with Crippen LogP contribution in [0.4, 0.5) is 0 Å². The molecular formula is C13H12N6O2S. The van der Waals surface area contributed by atoms with Crippen LogP contribution in [0.5, 0.6) is 0 Å². The molecule has 0 saturated carbocycles. The Labute approximate surface area is 128 Å². The number of hydrogen-bond donors (Lipinski definition) is 2. The van der Waals surface area contributed by atoms with Gasteiger partial charge in [-0.3, -0.25) is 9.59 Å². The highest BCUT2D eigenvalue weighted by atomic mass is 32.1. The van der Waals surface area contributed by atoms with Crippen molar-refractivity contribution in [3.63, 3.8) is 0 Å². The predicted molar refractivity (Wildman–Crippen MR) is 80.1 cm³/mol. The fraction of sp³-hybridized carbons (Fsp3) is 0.154. The minimum absolute atomic E-state index is 0.176. The molecule has 0 aliphatic heterocycles. The molecule has 1 amide bonds. The highest BCUT2D eigenvalue weighted by molar-refractivity contribution is 7.12. The highest BCUT2D eigenvalue weighted by Gasteiger charge is 2.08. The van der Waals surface area contributed by atoms with E-state index >= 15 is 0 Å². The van der Waals surface area contributed by atoms with Gasteiger partial charge in [-0.2, -0.15) is 10.2 Å². The smallest absolute Gasteiger partial charge is 0.271 e.